The number of aromatic nitrogens is 2. The number of thiocarbonyl (C=S) groups is 1. The molecule has 3 rings (SSSR count). The zero-order valence-corrected chi connectivity index (χ0v) is 14.9. The van der Waals surface area contributed by atoms with Crippen molar-refractivity contribution in [3.8, 4) is 0 Å². The average molecular weight is 360 g/mol. The summed E-state index contributed by atoms with van der Waals surface area (Å²) in [7, 11) is 0. The molecule has 2 unspecified atom stereocenters. The highest BCUT2D eigenvalue weighted by molar-refractivity contribution is 7.80. The Balaban J connectivity index is 2.12. The molecule has 0 bridgehead atoms. The fourth-order valence-corrected chi connectivity index (χ4v) is 3.01. The van der Waals surface area contributed by atoms with Crippen molar-refractivity contribution < 1.29 is 4.74 Å². The Bertz CT molecular complexity index is 871. The largest absolute Gasteiger partial charge is 0.375 e. The Hall–Kier alpha value is -2.52. The van der Waals surface area contributed by atoms with Gasteiger partial charge in [-0.25, -0.2) is 4.98 Å². The third kappa shape index (κ3) is 3.77. The number of morpholine rings is 1. The molecule has 3 heterocycles. The molecule has 2 aromatic heterocycles. The third-order valence-electron chi connectivity index (χ3n) is 3.84. The first-order valence-corrected chi connectivity index (χ1v) is 8.37. The summed E-state index contributed by atoms with van der Waals surface area (Å²) in [4.78, 5) is 19.6. The minimum absolute atomic E-state index is 0.0280. The maximum Gasteiger partial charge on any atom is 0.268 e. The van der Waals surface area contributed by atoms with Gasteiger partial charge in [0.15, 0.2) is 5.11 Å². The predicted octanol–water partition coefficient (Wildman–Crippen LogP) is 0.475. The summed E-state index contributed by atoms with van der Waals surface area (Å²) >= 11 is 4.74. The highest BCUT2D eigenvalue weighted by atomic mass is 32.1. The summed E-state index contributed by atoms with van der Waals surface area (Å²) in [5.41, 5.74) is 8.60. The van der Waals surface area contributed by atoms with Crippen molar-refractivity contribution in [1.29, 1.82) is 0 Å². The zero-order valence-electron chi connectivity index (χ0n) is 14.0. The van der Waals surface area contributed by atoms with Crippen LogP contribution in [0.25, 0.3) is 5.65 Å². The first-order valence-electron chi connectivity index (χ1n) is 7.96. The molecule has 2 aromatic rings. The number of hydrogen-bond donors (Lipinski definition) is 2. The van der Waals surface area contributed by atoms with Crippen LogP contribution in [-0.4, -0.2) is 46.0 Å². The SMILES string of the molecule is CC1CN(c2nc3ccccn3c(=O)c2/C=N/NC(N)=S)CC(C)O1. The van der Waals surface area contributed by atoms with Crippen molar-refractivity contribution in [1.82, 2.24) is 14.8 Å². The second-order valence-corrected chi connectivity index (χ2v) is 6.42. The molecule has 132 valence electrons. The van der Waals surface area contributed by atoms with Gasteiger partial charge in [-0.3, -0.25) is 14.6 Å². The maximum atomic E-state index is 12.9. The van der Waals surface area contributed by atoms with Crippen LogP contribution >= 0.6 is 12.2 Å². The number of hydrazone groups is 1. The monoisotopic (exact) mass is 360 g/mol. The second kappa shape index (κ2) is 7.16. The summed E-state index contributed by atoms with van der Waals surface area (Å²) < 4.78 is 7.26. The maximum absolute atomic E-state index is 12.9. The van der Waals surface area contributed by atoms with Gasteiger partial charge in [-0.05, 0) is 38.2 Å². The molecule has 9 heteroatoms. The van der Waals surface area contributed by atoms with Gasteiger partial charge in [0, 0.05) is 19.3 Å². The number of ether oxygens (including phenoxy) is 1. The first kappa shape index (κ1) is 17.3. The molecule has 2 atom stereocenters. The lowest BCUT2D eigenvalue weighted by Crippen LogP contribution is -2.47. The van der Waals surface area contributed by atoms with Crippen LogP contribution in [0.2, 0.25) is 0 Å². The van der Waals surface area contributed by atoms with Crippen LogP contribution in [0.4, 0.5) is 5.82 Å². The molecule has 0 radical (unpaired) electrons. The Morgan fingerprint density at radius 3 is 2.84 bits per heavy atom. The molecule has 8 nitrogen and oxygen atoms in total. The lowest BCUT2D eigenvalue weighted by atomic mass is 10.2. The summed E-state index contributed by atoms with van der Waals surface area (Å²) in [6, 6.07) is 5.42. The molecule has 0 amide bonds. The van der Waals surface area contributed by atoms with E-state index in [0.29, 0.717) is 30.1 Å². The molecular weight excluding hydrogens is 340 g/mol. The number of nitrogens with two attached hydrogens (primary N) is 1. The van der Waals surface area contributed by atoms with Crippen LogP contribution in [-0.2, 0) is 4.74 Å². The van der Waals surface area contributed by atoms with Crippen molar-refractivity contribution in [3.05, 3.63) is 40.3 Å². The fraction of sp³-hybridized carbons (Fsp3) is 0.375. The molecule has 1 aliphatic heterocycles. The van der Waals surface area contributed by atoms with Gasteiger partial charge in [0.25, 0.3) is 5.56 Å². The summed E-state index contributed by atoms with van der Waals surface area (Å²) in [6.07, 6.45) is 3.17. The molecule has 0 spiro atoms. The number of nitrogens with zero attached hydrogens (tertiary/aromatic N) is 4. The van der Waals surface area contributed by atoms with E-state index in [4.69, 9.17) is 22.7 Å². The minimum Gasteiger partial charge on any atom is -0.375 e. The van der Waals surface area contributed by atoms with Crippen LogP contribution in [0, 0.1) is 0 Å². The summed E-state index contributed by atoms with van der Waals surface area (Å²) in [6.45, 7) is 5.28. The number of hydrogen-bond acceptors (Lipinski definition) is 6. The van der Waals surface area contributed by atoms with E-state index in [-0.39, 0.29) is 22.9 Å². The minimum atomic E-state index is -0.208. The topological polar surface area (TPSA) is 97.2 Å². The fourth-order valence-electron chi connectivity index (χ4n) is 2.96. The van der Waals surface area contributed by atoms with Gasteiger partial charge in [0.1, 0.15) is 17.0 Å². The highest BCUT2D eigenvalue weighted by Gasteiger charge is 2.26. The van der Waals surface area contributed by atoms with E-state index >= 15 is 0 Å². The normalized spacial score (nSPS) is 21.0. The molecule has 0 aromatic carbocycles. The van der Waals surface area contributed by atoms with E-state index in [9.17, 15) is 4.79 Å². The van der Waals surface area contributed by atoms with Crippen LogP contribution in [0.3, 0.4) is 0 Å². The van der Waals surface area contributed by atoms with Gasteiger partial charge >= 0.3 is 0 Å². The van der Waals surface area contributed by atoms with Crippen molar-refractivity contribution in [3.63, 3.8) is 0 Å². The molecule has 0 aliphatic carbocycles. The van der Waals surface area contributed by atoms with Crippen molar-refractivity contribution in [2.24, 2.45) is 10.8 Å². The van der Waals surface area contributed by atoms with Crippen molar-refractivity contribution >= 4 is 35.0 Å². The van der Waals surface area contributed by atoms with E-state index in [1.807, 2.05) is 19.9 Å². The van der Waals surface area contributed by atoms with Crippen LogP contribution in [0.15, 0.2) is 34.3 Å². The number of pyridine rings is 1. The number of nitrogens with one attached hydrogen (secondary N) is 1. The Morgan fingerprint density at radius 1 is 1.44 bits per heavy atom. The second-order valence-electron chi connectivity index (χ2n) is 5.98. The molecule has 1 saturated heterocycles. The average Bonchev–Trinajstić information content (AvgIpc) is 2.55. The Labute approximate surface area is 150 Å². The van der Waals surface area contributed by atoms with Crippen LogP contribution in [0.1, 0.15) is 19.4 Å². The number of fused-ring (bicyclic) bond motifs is 1. The van der Waals surface area contributed by atoms with E-state index in [1.54, 1.807) is 18.3 Å². The lowest BCUT2D eigenvalue weighted by molar-refractivity contribution is -0.00546. The van der Waals surface area contributed by atoms with E-state index in [1.165, 1.54) is 10.6 Å². The summed E-state index contributed by atoms with van der Waals surface area (Å²) in [5.74, 6) is 0.576. The predicted molar refractivity (Wildman–Crippen MR) is 101 cm³/mol. The van der Waals surface area contributed by atoms with E-state index in [0.717, 1.165) is 0 Å². The summed E-state index contributed by atoms with van der Waals surface area (Å²) in [5, 5.41) is 3.98. The molecule has 1 aliphatic rings. The lowest BCUT2D eigenvalue weighted by Gasteiger charge is -2.36. The van der Waals surface area contributed by atoms with Gasteiger partial charge in [0.05, 0.1) is 18.4 Å². The molecule has 0 saturated carbocycles. The Morgan fingerprint density at radius 2 is 2.16 bits per heavy atom. The van der Waals surface area contributed by atoms with Gasteiger partial charge < -0.3 is 15.4 Å². The van der Waals surface area contributed by atoms with Crippen molar-refractivity contribution in [2.45, 2.75) is 26.1 Å². The zero-order chi connectivity index (χ0) is 18.0. The van der Waals surface area contributed by atoms with Crippen LogP contribution in [0.5, 0.6) is 0 Å². The van der Waals surface area contributed by atoms with Crippen LogP contribution < -0.4 is 21.6 Å². The Kier molecular flexibility index (Phi) is 4.95. The third-order valence-corrected chi connectivity index (χ3v) is 3.93. The first-order chi connectivity index (χ1) is 12.0. The quantitative estimate of drug-likeness (QED) is 0.467. The van der Waals surface area contributed by atoms with Gasteiger partial charge in [-0.1, -0.05) is 6.07 Å². The van der Waals surface area contributed by atoms with Crippen molar-refractivity contribution in [2.75, 3.05) is 18.0 Å². The standard InChI is InChI=1S/C16H20N6O2S/c1-10-8-21(9-11(2)24-10)14-12(7-18-20-16(17)25)15(23)22-6-4-3-5-13(22)19-14/h3-7,10-11H,8-9H2,1-2H3,(H3,17,20,25)/b18-7+. The van der Waals surface area contributed by atoms with Gasteiger partial charge in [-0.15, -0.1) is 0 Å². The van der Waals surface area contributed by atoms with E-state index in [2.05, 4.69) is 20.4 Å². The molecular formula is C16H20N6O2S. The number of anilines is 1. The molecule has 1 fully saturated rings. The van der Waals surface area contributed by atoms with Gasteiger partial charge in [-0.2, -0.15) is 5.10 Å². The van der Waals surface area contributed by atoms with E-state index < -0.39 is 0 Å². The molecule has 25 heavy (non-hydrogen) atoms. The number of rotatable bonds is 3. The molecule has 3 N–H and O–H groups in total. The highest BCUT2D eigenvalue weighted by Crippen LogP contribution is 2.20. The smallest absolute Gasteiger partial charge is 0.268 e. The van der Waals surface area contributed by atoms with Gasteiger partial charge in [0.2, 0.25) is 0 Å².